The molecule has 0 spiro atoms. The molecule has 132 valence electrons. The van der Waals surface area contributed by atoms with Gasteiger partial charge in [-0.1, -0.05) is 0 Å². The van der Waals surface area contributed by atoms with Crippen LogP contribution in [0, 0.1) is 5.92 Å². The van der Waals surface area contributed by atoms with Gasteiger partial charge in [0.2, 0.25) is 5.91 Å². The molecule has 1 saturated carbocycles. The van der Waals surface area contributed by atoms with Crippen molar-refractivity contribution in [3.8, 4) is 0 Å². The van der Waals surface area contributed by atoms with E-state index >= 15 is 0 Å². The van der Waals surface area contributed by atoms with Gasteiger partial charge in [-0.15, -0.1) is 0 Å². The third-order valence-electron chi connectivity index (χ3n) is 5.76. The number of morpholine rings is 1. The van der Waals surface area contributed by atoms with Crippen LogP contribution >= 0.6 is 0 Å². The normalized spacial score (nSPS) is 29.8. The highest BCUT2D eigenvalue weighted by atomic mass is 16.5. The average molecular weight is 332 g/mol. The summed E-state index contributed by atoms with van der Waals surface area (Å²) < 4.78 is 7.86. The minimum Gasteiger partial charge on any atom is -0.367 e. The van der Waals surface area contributed by atoms with Crippen molar-refractivity contribution in [3.05, 3.63) is 18.0 Å². The zero-order valence-corrected chi connectivity index (χ0v) is 14.8. The Labute approximate surface area is 143 Å². The van der Waals surface area contributed by atoms with Gasteiger partial charge in [0.1, 0.15) is 5.60 Å². The number of carbonyl (C=O) groups is 1. The molecular weight excluding hydrogens is 304 g/mol. The topological polar surface area (TPSA) is 50.6 Å². The molecule has 4 rings (SSSR count). The highest BCUT2D eigenvalue weighted by molar-refractivity contribution is 5.83. The Kier molecular flexibility index (Phi) is 4.12. The molecule has 1 aliphatic carbocycles. The molecule has 0 radical (unpaired) electrons. The van der Waals surface area contributed by atoms with Crippen molar-refractivity contribution in [2.24, 2.45) is 13.0 Å². The lowest BCUT2D eigenvalue weighted by Crippen LogP contribution is -2.56. The maximum Gasteiger partial charge on any atom is 0.240 e. The van der Waals surface area contributed by atoms with E-state index in [1.165, 1.54) is 25.7 Å². The van der Waals surface area contributed by atoms with Gasteiger partial charge < -0.3 is 9.64 Å². The Balaban J connectivity index is 1.51. The van der Waals surface area contributed by atoms with Crippen molar-refractivity contribution in [1.29, 1.82) is 0 Å². The molecule has 3 aliphatic rings. The van der Waals surface area contributed by atoms with Crippen LogP contribution in [0.3, 0.4) is 0 Å². The number of aryl methyl sites for hydroxylation is 1. The number of hydrogen-bond acceptors (Lipinski definition) is 4. The van der Waals surface area contributed by atoms with Crippen LogP contribution in [0.1, 0.15) is 38.2 Å². The number of likely N-dealkylation sites (tertiary alicyclic amines) is 1. The monoisotopic (exact) mass is 332 g/mol. The fraction of sp³-hybridized carbons (Fsp3) is 0.778. The summed E-state index contributed by atoms with van der Waals surface area (Å²) in [5.74, 6) is 0.890. The van der Waals surface area contributed by atoms with Gasteiger partial charge in [-0.25, -0.2) is 0 Å². The first-order chi connectivity index (χ1) is 11.6. The Hall–Kier alpha value is -1.40. The maximum absolute atomic E-state index is 13.3. The largest absolute Gasteiger partial charge is 0.367 e. The van der Waals surface area contributed by atoms with Crippen LogP contribution in [0.4, 0.5) is 0 Å². The van der Waals surface area contributed by atoms with Crippen molar-refractivity contribution in [2.45, 2.75) is 44.2 Å². The molecule has 1 aromatic rings. The molecule has 0 bridgehead atoms. The summed E-state index contributed by atoms with van der Waals surface area (Å²) in [6.45, 7) is 6.15. The number of rotatable bonds is 4. The van der Waals surface area contributed by atoms with E-state index in [2.05, 4.69) is 16.9 Å². The van der Waals surface area contributed by atoms with Crippen LogP contribution in [-0.4, -0.2) is 64.3 Å². The van der Waals surface area contributed by atoms with Crippen molar-refractivity contribution in [3.63, 3.8) is 0 Å². The molecule has 0 unspecified atom stereocenters. The third kappa shape index (κ3) is 2.97. The van der Waals surface area contributed by atoms with Crippen LogP contribution in [0.5, 0.6) is 0 Å². The molecule has 0 aromatic carbocycles. The molecule has 3 heterocycles. The number of aromatic nitrogens is 2. The quantitative estimate of drug-likeness (QED) is 0.836. The fourth-order valence-electron chi connectivity index (χ4n) is 4.20. The zero-order chi connectivity index (χ0) is 16.7. The Morgan fingerprint density at radius 1 is 1.33 bits per heavy atom. The summed E-state index contributed by atoms with van der Waals surface area (Å²) in [5.41, 5.74) is 0.591. The first-order valence-corrected chi connectivity index (χ1v) is 9.23. The number of amides is 1. The second-order valence-electron chi connectivity index (χ2n) is 7.77. The van der Waals surface area contributed by atoms with E-state index in [4.69, 9.17) is 4.74 Å². The summed E-state index contributed by atoms with van der Waals surface area (Å²) in [6.07, 6.45) is 8.72. The summed E-state index contributed by atoms with van der Waals surface area (Å²) in [6, 6.07) is 0.101. The van der Waals surface area contributed by atoms with Crippen LogP contribution in [0.2, 0.25) is 0 Å². The minimum absolute atomic E-state index is 0.101. The predicted octanol–water partition coefficient (Wildman–Crippen LogP) is 1.37. The lowest BCUT2D eigenvalue weighted by Gasteiger charge is -2.42. The van der Waals surface area contributed by atoms with E-state index in [1.807, 2.05) is 24.3 Å². The summed E-state index contributed by atoms with van der Waals surface area (Å²) in [7, 11) is 1.91. The van der Waals surface area contributed by atoms with Gasteiger partial charge in [0.15, 0.2) is 0 Å². The summed E-state index contributed by atoms with van der Waals surface area (Å²) in [4.78, 5) is 17.8. The Morgan fingerprint density at radius 3 is 2.71 bits per heavy atom. The second-order valence-corrected chi connectivity index (χ2v) is 7.77. The Morgan fingerprint density at radius 2 is 2.08 bits per heavy atom. The molecule has 6 heteroatoms. The number of ether oxygens (including phenoxy) is 1. The van der Waals surface area contributed by atoms with E-state index in [-0.39, 0.29) is 6.04 Å². The van der Waals surface area contributed by atoms with E-state index in [1.54, 1.807) is 4.68 Å². The molecule has 0 N–H and O–H groups in total. The van der Waals surface area contributed by atoms with E-state index in [0.29, 0.717) is 31.5 Å². The predicted molar refractivity (Wildman–Crippen MR) is 90.4 cm³/mol. The van der Waals surface area contributed by atoms with Gasteiger partial charge in [-0.2, -0.15) is 5.10 Å². The lowest BCUT2D eigenvalue weighted by molar-refractivity contribution is -0.155. The number of carbonyl (C=O) groups excluding carboxylic acids is 1. The van der Waals surface area contributed by atoms with Gasteiger partial charge >= 0.3 is 0 Å². The zero-order valence-electron chi connectivity index (χ0n) is 14.8. The fourth-order valence-corrected chi connectivity index (χ4v) is 4.20. The van der Waals surface area contributed by atoms with Gasteiger partial charge in [0.25, 0.3) is 0 Å². The molecule has 6 nitrogen and oxygen atoms in total. The molecule has 2 saturated heterocycles. The van der Waals surface area contributed by atoms with Crippen molar-refractivity contribution >= 4 is 5.91 Å². The van der Waals surface area contributed by atoms with E-state index in [0.717, 1.165) is 18.7 Å². The molecule has 3 fully saturated rings. The van der Waals surface area contributed by atoms with Crippen LogP contribution in [0.15, 0.2) is 12.4 Å². The second kappa shape index (κ2) is 6.15. The highest BCUT2D eigenvalue weighted by Gasteiger charge is 2.45. The standard InChI is InChI=1S/C18H28N4O2/c1-18(15-11-19-20(2)12-15)13-22(9-10-24-18)17(23)16(14-5-6-14)21-7-3-4-8-21/h11-12,14,16H,3-10,13H2,1-2H3/t16-,18-/m1/s1. The SMILES string of the molecule is Cn1cc([C@@]2(C)CN(C(=O)[C@@H](C3CC3)N3CCCC3)CCO2)cn1. The smallest absolute Gasteiger partial charge is 0.240 e. The van der Waals surface area contributed by atoms with Gasteiger partial charge in [0.05, 0.1) is 25.4 Å². The van der Waals surface area contributed by atoms with E-state index < -0.39 is 5.60 Å². The average Bonchev–Trinajstić information content (AvgIpc) is 3.06. The molecule has 1 amide bonds. The van der Waals surface area contributed by atoms with Gasteiger partial charge in [-0.3, -0.25) is 14.4 Å². The van der Waals surface area contributed by atoms with Crippen molar-refractivity contribution in [2.75, 3.05) is 32.8 Å². The summed E-state index contributed by atoms with van der Waals surface area (Å²) >= 11 is 0. The maximum atomic E-state index is 13.3. The number of hydrogen-bond donors (Lipinski definition) is 0. The minimum atomic E-state index is -0.457. The molecule has 1 aromatic heterocycles. The van der Waals surface area contributed by atoms with Gasteiger partial charge in [0, 0.05) is 25.4 Å². The molecule has 2 atom stereocenters. The Bertz CT molecular complexity index is 606. The van der Waals surface area contributed by atoms with Crippen molar-refractivity contribution < 1.29 is 9.53 Å². The first kappa shape index (κ1) is 16.1. The number of nitrogens with zero attached hydrogens (tertiary/aromatic N) is 4. The molecule has 24 heavy (non-hydrogen) atoms. The van der Waals surface area contributed by atoms with E-state index in [9.17, 15) is 4.79 Å². The van der Waals surface area contributed by atoms with Crippen molar-refractivity contribution in [1.82, 2.24) is 19.6 Å². The third-order valence-corrected chi connectivity index (χ3v) is 5.76. The van der Waals surface area contributed by atoms with Crippen LogP contribution < -0.4 is 0 Å². The van der Waals surface area contributed by atoms with Gasteiger partial charge in [-0.05, 0) is 51.6 Å². The molecule has 2 aliphatic heterocycles. The highest BCUT2D eigenvalue weighted by Crippen LogP contribution is 2.38. The summed E-state index contributed by atoms with van der Waals surface area (Å²) in [5, 5.41) is 4.27. The van der Waals surface area contributed by atoms with Crippen LogP contribution in [-0.2, 0) is 22.2 Å². The first-order valence-electron chi connectivity index (χ1n) is 9.23. The van der Waals surface area contributed by atoms with Crippen LogP contribution in [0.25, 0.3) is 0 Å². The lowest BCUT2D eigenvalue weighted by atomic mass is 9.96. The molecular formula is C18H28N4O2.